The molecule has 1 aliphatic rings. The maximum Gasteiger partial charge on any atom is 0.145 e. The predicted molar refractivity (Wildman–Crippen MR) is 134 cm³/mol. The molecule has 0 N–H and O–H groups in total. The van der Waals surface area contributed by atoms with Crippen molar-refractivity contribution in [1.82, 2.24) is 9.55 Å². The molecule has 0 saturated heterocycles. The Bertz CT molecular complexity index is 1460. The van der Waals surface area contributed by atoms with Crippen LogP contribution < -0.4 is 0 Å². The van der Waals surface area contributed by atoms with E-state index in [4.69, 9.17) is 4.98 Å². The van der Waals surface area contributed by atoms with Crippen LogP contribution in [0.1, 0.15) is 49.3 Å². The normalized spacial score (nSPS) is 14.7. The quantitative estimate of drug-likeness (QED) is 0.286. The van der Waals surface area contributed by atoms with Crippen LogP contribution in [0.3, 0.4) is 0 Å². The molecule has 1 atom stereocenters. The smallest absolute Gasteiger partial charge is 0.145 e. The highest BCUT2D eigenvalue weighted by atomic mass is 15.1. The molecule has 0 fully saturated rings. The summed E-state index contributed by atoms with van der Waals surface area (Å²) in [6, 6.07) is 32.9. The summed E-state index contributed by atoms with van der Waals surface area (Å²) in [6.45, 7) is 6.93. The zero-order chi connectivity index (χ0) is 21.8. The van der Waals surface area contributed by atoms with Crippen molar-refractivity contribution in [2.24, 2.45) is 0 Å². The van der Waals surface area contributed by atoms with E-state index in [0.29, 0.717) is 5.92 Å². The molecule has 6 rings (SSSR count). The van der Waals surface area contributed by atoms with E-state index < -0.39 is 0 Å². The molecule has 0 radical (unpaired) electrons. The fourth-order valence-corrected chi connectivity index (χ4v) is 5.08. The van der Waals surface area contributed by atoms with Gasteiger partial charge in [-0.2, -0.15) is 0 Å². The lowest BCUT2D eigenvalue weighted by atomic mass is 9.83. The number of hydrogen-bond acceptors (Lipinski definition) is 1. The maximum atomic E-state index is 5.10. The number of nitrogens with zero attached hydrogens (tertiary/aromatic N) is 2. The topological polar surface area (TPSA) is 17.8 Å². The summed E-state index contributed by atoms with van der Waals surface area (Å²) in [7, 11) is 0. The minimum atomic E-state index is 0.278. The van der Waals surface area contributed by atoms with Crippen molar-refractivity contribution in [1.29, 1.82) is 0 Å². The molecule has 0 saturated carbocycles. The van der Waals surface area contributed by atoms with Crippen molar-refractivity contribution in [2.75, 3.05) is 0 Å². The molecular weight excluding hydrogens is 388 g/mol. The van der Waals surface area contributed by atoms with E-state index in [1.54, 1.807) is 0 Å². The predicted octanol–water partition coefficient (Wildman–Crippen LogP) is 7.95. The van der Waals surface area contributed by atoms with Gasteiger partial charge < -0.3 is 0 Å². The lowest BCUT2D eigenvalue weighted by Crippen LogP contribution is -2.13. The van der Waals surface area contributed by atoms with E-state index in [-0.39, 0.29) is 5.92 Å². The molecule has 156 valence electrons. The summed E-state index contributed by atoms with van der Waals surface area (Å²) in [4.78, 5) is 5.10. The summed E-state index contributed by atoms with van der Waals surface area (Å²) in [5.41, 5.74) is 11.3. The first-order chi connectivity index (χ1) is 15.6. The number of fused-ring (bicyclic) bond motifs is 8. The number of para-hydroxylation sites is 2. The number of rotatable bonds is 2. The highest BCUT2D eigenvalue weighted by Gasteiger charge is 2.27. The van der Waals surface area contributed by atoms with Gasteiger partial charge in [-0.1, -0.05) is 81.4 Å². The van der Waals surface area contributed by atoms with Crippen molar-refractivity contribution in [3.63, 3.8) is 0 Å². The van der Waals surface area contributed by atoms with Crippen molar-refractivity contribution < 1.29 is 0 Å². The van der Waals surface area contributed by atoms with Crippen LogP contribution in [0.2, 0.25) is 0 Å². The van der Waals surface area contributed by atoms with Crippen molar-refractivity contribution >= 4 is 11.0 Å². The van der Waals surface area contributed by atoms with Gasteiger partial charge in [-0.05, 0) is 64.1 Å². The van der Waals surface area contributed by atoms with Gasteiger partial charge in [0.05, 0.1) is 16.7 Å². The summed E-state index contributed by atoms with van der Waals surface area (Å²) in [6.07, 6.45) is 0. The first-order valence-electron chi connectivity index (χ1n) is 11.4. The van der Waals surface area contributed by atoms with Crippen LogP contribution in [0.25, 0.3) is 39.2 Å². The fraction of sp³-hybridized carbons (Fsp3) is 0.167. The van der Waals surface area contributed by atoms with Gasteiger partial charge in [0.25, 0.3) is 0 Å². The molecule has 0 spiro atoms. The molecular formula is C30H26N2. The minimum Gasteiger partial charge on any atom is -0.292 e. The monoisotopic (exact) mass is 414 g/mol. The second-order valence-electron chi connectivity index (χ2n) is 9.13. The van der Waals surface area contributed by atoms with Crippen LogP contribution in [-0.2, 0) is 0 Å². The van der Waals surface area contributed by atoms with Gasteiger partial charge in [-0.15, -0.1) is 0 Å². The average molecular weight is 415 g/mol. The Hall–Kier alpha value is -3.65. The second-order valence-corrected chi connectivity index (χ2v) is 9.13. The van der Waals surface area contributed by atoms with Gasteiger partial charge >= 0.3 is 0 Å². The maximum absolute atomic E-state index is 5.10. The third-order valence-corrected chi connectivity index (χ3v) is 6.79. The summed E-state index contributed by atoms with van der Waals surface area (Å²) in [5.74, 6) is 1.68. The third-order valence-electron chi connectivity index (χ3n) is 6.79. The molecule has 2 bridgehead atoms. The molecule has 2 heteroatoms. The number of imidazole rings is 1. The third kappa shape index (κ3) is 2.83. The first-order valence-corrected chi connectivity index (χ1v) is 11.4. The van der Waals surface area contributed by atoms with E-state index in [1.807, 2.05) is 0 Å². The zero-order valence-electron chi connectivity index (χ0n) is 18.7. The average Bonchev–Trinajstić information content (AvgIpc) is 3.22. The molecule has 0 amide bonds. The van der Waals surface area contributed by atoms with E-state index >= 15 is 0 Å². The molecule has 5 aromatic rings. The van der Waals surface area contributed by atoms with Crippen LogP contribution in [0.15, 0.2) is 91.0 Å². The Morgan fingerprint density at radius 1 is 0.750 bits per heavy atom. The molecule has 2 heterocycles. The lowest BCUT2D eigenvalue weighted by molar-refractivity contribution is 0.825. The van der Waals surface area contributed by atoms with Crippen LogP contribution in [-0.4, -0.2) is 9.55 Å². The molecule has 1 aromatic heterocycles. The molecule has 4 aromatic carbocycles. The largest absolute Gasteiger partial charge is 0.292 e. The summed E-state index contributed by atoms with van der Waals surface area (Å²) in [5, 5.41) is 0. The SMILES string of the molecule is CC(C)c1cc(-c2ccccc2)cc2c1-n1c(nc3ccccc31)-c1cccc(c1)C2C. The van der Waals surface area contributed by atoms with E-state index in [2.05, 4.69) is 116 Å². The van der Waals surface area contributed by atoms with Crippen LogP contribution in [0.5, 0.6) is 0 Å². The molecule has 1 unspecified atom stereocenters. The molecule has 32 heavy (non-hydrogen) atoms. The van der Waals surface area contributed by atoms with Gasteiger partial charge in [-0.25, -0.2) is 4.98 Å². The Morgan fingerprint density at radius 2 is 1.50 bits per heavy atom. The standard InChI is InChI=1S/C30H26N2/c1-19(2)25-17-24(21-10-5-4-6-11-21)18-26-20(3)22-12-9-13-23(16-22)30-31-27-14-7-8-15-28(27)32(30)29(25)26/h4-20H,1-3H3. The highest BCUT2D eigenvalue weighted by Crippen LogP contribution is 2.43. The van der Waals surface area contributed by atoms with E-state index in [9.17, 15) is 0 Å². The first kappa shape index (κ1) is 19.1. The van der Waals surface area contributed by atoms with E-state index in [0.717, 1.165) is 16.9 Å². The Kier molecular flexibility index (Phi) is 4.29. The minimum absolute atomic E-state index is 0.278. The van der Waals surface area contributed by atoms with Crippen LogP contribution >= 0.6 is 0 Å². The summed E-state index contributed by atoms with van der Waals surface area (Å²) < 4.78 is 2.41. The van der Waals surface area contributed by atoms with Crippen LogP contribution in [0, 0.1) is 0 Å². The number of benzene rings is 4. The van der Waals surface area contributed by atoms with Crippen molar-refractivity contribution in [3.05, 3.63) is 108 Å². The molecule has 1 aliphatic heterocycles. The fourth-order valence-electron chi connectivity index (χ4n) is 5.08. The van der Waals surface area contributed by atoms with Gasteiger partial charge in [0.2, 0.25) is 0 Å². The van der Waals surface area contributed by atoms with Gasteiger partial charge in [-0.3, -0.25) is 4.57 Å². The highest BCUT2D eigenvalue weighted by molar-refractivity contribution is 5.85. The van der Waals surface area contributed by atoms with Gasteiger partial charge in [0.15, 0.2) is 0 Å². The van der Waals surface area contributed by atoms with Crippen LogP contribution in [0.4, 0.5) is 0 Å². The van der Waals surface area contributed by atoms with Crippen molar-refractivity contribution in [2.45, 2.75) is 32.6 Å². The Morgan fingerprint density at radius 3 is 2.31 bits per heavy atom. The van der Waals surface area contributed by atoms with Gasteiger partial charge in [0.1, 0.15) is 5.82 Å². The lowest BCUT2D eigenvalue weighted by Gasteiger charge is -2.27. The zero-order valence-corrected chi connectivity index (χ0v) is 18.7. The van der Waals surface area contributed by atoms with E-state index in [1.165, 1.54) is 39.1 Å². The molecule has 0 aliphatic carbocycles. The number of hydrogen-bond donors (Lipinski definition) is 0. The Balaban J connectivity index is 1.78. The second kappa shape index (κ2) is 7.20. The summed E-state index contributed by atoms with van der Waals surface area (Å²) >= 11 is 0. The Labute approximate surface area is 189 Å². The molecule has 2 nitrogen and oxygen atoms in total. The van der Waals surface area contributed by atoms with Gasteiger partial charge in [0, 0.05) is 11.5 Å². The number of aromatic nitrogens is 2. The van der Waals surface area contributed by atoms with Crippen molar-refractivity contribution in [3.8, 4) is 28.2 Å².